The molecule has 0 aromatic heterocycles. The van der Waals surface area contributed by atoms with Crippen molar-refractivity contribution in [3.05, 3.63) is 29.5 Å². The van der Waals surface area contributed by atoms with Gasteiger partial charge >= 0.3 is 0 Å². The summed E-state index contributed by atoms with van der Waals surface area (Å²) < 4.78 is 10.3. The second-order valence-electron chi connectivity index (χ2n) is 4.15. The summed E-state index contributed by atoms with van der Waals surface area (Å²) in [5.74, 6) is -0.811. The molecule has 0 unspecified atom stereocenters. The van der Waals surface area contributed by atoms with Crippen molar-refractivity contribution in [1.29, 1.82) is 0 Å². The standard InChI is InChI=1S/C14H15NO5/c1-4-15-13(17)11(12(16)14(15)18)8-5-6-9(19-2)10(7-8)20-3/h5-7,16H,4H2,1-3H3. The van der Waals surface area contributed by atoms with Crippen LogP contribution in [0.2, 0.25) is 0 Å². The summed E-state index contributed by atoms with van der Waals surface area (Å²) in [5, 5.41) is 9.87. The number of amides is 2. The maximum atomic E-state index is 12.1. The number of ether oxygens (including phenoxy) is 2. The molecule has 0 saturated heterocycles. The number of aliphatic hydroxyl groups is 1. The molecule has 0 saturated carbocycles. The van der Waals surface area contributed by atoms with Crippen molar-refractivity contribution in [2.24, 2.45) is 0 Å². The number of aliphatic hydroxyl groups excluding tert-OH is 1. The SMILES string of the molecule is CCN1C(=O)C(O)=C(c2ccc(OC)c(OC)c2)C1=O. The Morgan fingerprint density at radius 3 is 2.25 bits per heavy atom. The fourth-order valence-electron chi connectivity index (χ4n) is 2.10. The number of hydrogen-bond acceptors (Lipinski definition) is 5. The zero-order valence-electron chi connectivity index (χ0n) is 11.5. The molecule has 1 aliphatic heterocycles. The summed E-state index contributed by atoms with van der Waals surface area (Å²) in [6.07, 6.45) is 0. The fourth-order valence-corrected chi connectivity index (χ4v) is 2.10. The molecule has 0 atom stereocenters. The first-order valence-corrected chi connectivity index (χ1v) is 6.07. The summed E-state index contributed by atoms with van der Waals surface area (Å²) in [6.45, 7) is 1.87. The van der Waals surface area contributed by atoms with Gasteiger partial charge < -0.3 is 14.6 Å². The van der Waals surface area contributed by atoms with E-state index in [9.17, 15) is 14.7 Å². The van der Waals surface area contributed by atoms with Crippen LogP contribution in [0.4, 0.5) is 0 Å². The molecule has 2 rings (SSSR count). The van der Waals surface area contributed by atoms with Gasteiger partial charge in [-0.15, -0.1) is 0 Å². The number of benzene rings is 1. The molecule has 1 aromatic carbocycles. The molecule has 20 heavy (non-hydrogen) atoms. The Kier molecular flexibility index (Phi) is 3.65. The molecular formula is C14H15NO5. The van der Waals surface area contributed by atoms with Gasteiger partial charge in [-0.25, -0.2) is 0 Å². The summed E-state index contributed by atoms with van der Waals surface area (Å²) in [5.41, 5.74) is 0.396. The van der Waals surface area contributed by atoms with Crippen LogP contribution < -0.4 is 9.47 Å². The van der Waals surface area contributed by atoms with Crippen molar-refractivity contribution in [3.8, 4) is 11.5 Å². The summed E-state index contributed by atoms with van der Waals surface area (Å²) in [4.78, 5) is 24.9. The van der Waals surface area contributed by atoms with Crippen molar-refractivity contribution in [2.75, 3.05) is 20.8 Å². The lowest BCUT2D eigenvalue weighted by Crippen LogP contribution is -2.31. The van der Waals surface area contributed by atoms with E-state index in [1.807, 2.05) is 0 Å². The van der Waals surface area contributed by atoms with Gasteiger partial charge in [0, 0.05) is 6.54 Å². The number of methoxy groups -OCH3 is 2. The van der Waals surface area contributed by atoms with Crippen LogP contribution in [0.15, 0.2) is 24.0 Å². The molecular weight excluding hydrogens is 262 g/mol. The van der Waals surface area contributed by atoms with E-state index in [0.29, 0.717) is 17.1 Å². The summed E-state index contributed by atoms with van der Waals surface area (Å²) >= 11 is 0. The monoisotopic (exact) mass is 277 g/mol. The van der Waals surface area contributed by atoms with E-state index in [4.69, 9.17) is 9.47 Å². The molecule has 0 aliphatic carbocycles. The van der Waals surface area contributed by atoms with E-state index >= 15 is 0 Å². The van der Waals surface area contributed by atoms with Gasteiger partial charge in [-0.2, -0.15) is 0 Å². The van der Waals surface area contributed by atoms with E-state index in [1.165, 1.54) is 14.2 Å². The van der Waals surface area contributed by atoms with Crippen molar-refractivity contribution < 1.29 is 24.2 Å². The van der Waals surface area contributed by atoms with Crippen molar-refractivity contribution in [1.82, 2.24) is 4.90 Å². The van der Waals surface area contributed by atoms with Gasteiger partial charge in [0.15, 0.2) is 17.3 Å². The third-order valence-electron chi connectivity index (χ3n) is 3.13. The largest absolute Gasteiger partial charge is 0.502 e. The molecule has 2 amide bonds. The zero-order chi connectivity index (χ0) is 14.9. The predicted octanol–water partition coefficient (Wildman–Crippen LogP) is 1.36. The first-order chi connectivity index (χ1) is 9.54. The highest BCUT2D eigenvalue weighted by Crippen LogP contribution is 2.34. The Morgan fingerprint density at radius 2 is 1.75 bits per heavy atom. The molecule has 0 fully saturated rings. The molecule has 1 aromatic rings. The third kappa shape index (κ3) is 1.99. The maximum absolute atomic E-state index is 12.1. The van der Waals surface area contributed by atoms with Gasteiger partial charge in [-0.05, 0) is 24.6 Å². The molecule has 6 heteroatoms. The van der Waals surface area contributed by atoms with Gasteiger partial charge in [0.2, 0.25) is 0 Å². The minimum atomic E-state index is -0.678. The van der Waals surface area contributed by atoms with Gasteiger partial charge in [-0.3, -0.25) is 14.5 Å². The van der Waals surface area contributed by atoms with E-state index in [-0.39, 0.29) is 12.1 Å². The smallest absolute Gasteiger partial charge is 0.296 e. The number of nitrogens with zero attached hydrogens (tertiary/aromatic N) is 1. The molecule has 1 N–H and O–H groups in total. The Labute approximate surface area is 116 Å². The van der Waals surface area contributed by atoms with Crippen LogP contribution in [0.5, 0.6) is 11.5 Å². The first kappa shape index (κ1) is 13.9. The number of rotatable bonds is 4. The first-order valence-electron chi connectivity index (χ1n) is 6.07. The summed E-state index contributed by atoms with van der Waals surface area (Å²) in [6, 6.07) is 4.76. The van der Waals surface area contributed by atoms with Crippen molar-refractivity contribution >= 4 is 17.4 Å². The minimum absolute atomic E-state index is 0.0159. The van der Waals surface area contributed by atoms with Gasteiger partial charge in [0.25, 0.3) is 11.8 Å². The number of carbonyl (C=O) groups is 2. The number of carbonyl (C=O) groups excluding carboxylic acids is 2. The van der Waals surface area contributed by atoms with Crippen molar-refractivity contribution in [3.63, 3.8) is 0 Å². The van der Waals surface area contributed by atoms with Crippen LogP contribution in [0.1, 0.15) is 12.5 Å². The lowest BCUT2D eigenvalue weighted by molar-refractivity contribution is -0.137. The molecule has 0 spiro atoms. The average Bonchev–Trinajstić information content (AvgIpc) is 2.68. The van der Waals surface area contributed by atoms with E-state index in [2.05, 4.69) is 0 Å². The molecule has 0 radical (unpaired) electrons. The fraction of sp³-hybridized carbons (Fsp3) is 0.286. The second kappa shape index (κ2) is 5.24. The highest BCUT2D eigenvalue weighted by atomic mass is 16.5. The predicted molar refractivity (Wildman–Crippen MR) is 71.5 cm³/mol. The molecule has 6 nitrogen and oxygen atoms in total. The topological polar surface area (TPSA) is 76.1 Å². The Morgan fingerprint density at radius 1 is 1.10 bits per heavy atom. The zero-order valence-corrected chi connectivity index (χ0v) is 11.5. The number of imide groups is 1. The highest BCUT2D eigenvalue weighted by molar-refractivity contribution is 6.34. The van der Waals surface area contributed by atoms with Crippen LogP contribution in [0.25, 0.3) is 5.57 Å². The van der Waals surface area contributed by atoms with Crippen LogP contribution in [0, 0.1) is 0 Å². The minimum Gasteiger partial charge on any atom is -0.502 e. The number of likely N-dealkylation sites (N-methyl/N-ethyl adjacent to an activating group) is 1. The van der Waals surface area contributed by atoms with E-state index < -0.39 is 17.6 Å². The average molecular weight is 277 g/mol. The van der Waals surface area contributed by atoms with Crippen LogP contribution in [-0.2, 0) is 9.59 Å². The van der Waals surface area contributed by atoms with E-state index in [0.717, 1.165) is 4.90 Å². The van der Waals surface area contributed by atoms with Crippen LogP contribution in [0.3, 0.4) is 0 Å². The molecule has 1 heterocycles. The van der Waals surface area contributed by atoms with Crippen LogP contribution >= 0.6 is 0 Å². The van der Waals surface area contributed by atoms with Gasteiger partial charge in [-0.1, -0.05) is 6.07 Å². The van der Waals surface area contributed by atoms with Gasteiger partial charge in [0.1, 0.15) is 0 Å². The maximum Gasteiger partial charge on any atom is 0.296 e. The van der Waals surface area contributed by atoms with Crippen molar-refractivity contribution in [2.45, 2.75) is 6.92 Å². The van der Waals surface area contributed by atoms with E-state index in [1.54, 1.807) is 25.1 Å². The highest BCUT2D eigenvalue weighted by Gasteiger charge is 2.38. The van der Waals surface area contributed by atoms with Gasteiger partial charge in [0.05, 0.1) is 19.8 Å². The normalized spacial score (nSPS) is 15.1. The summed E-state index contributed by atoms with van der Waals surface area (Å²) in [7, 11) is 2.97. The quantitative estimate of drug-likeness (QED) is 0.841. The lowest BCUT2D eigenvalue weighted by atomic mass is 10.0. The Hall–Kier alpha value is -2.50. The Bertz CT molecular complexity index is 606. The van der Waals surface area contributed by atoms with Crippen LogP contribution in [-0.4, -0.2) is 42.6 Å². The second-order valence-corrected chi connectivity index (χ2v) is 4.15. The molecule has 1 aliphatic rings. The molecule has 0 bridgehead atoms. The Balaban J connectivity index is 2.51. The lowest BCUT2D eigenvalue weighted by Gasteiger charge is -2.12. The molecule has 106 valence electrons. The number of hydrogen-bond donors (Lipinski definition) is 1. The third-order valence-corrected chi connectivity index (χ3v) is 3.13.